The average Bonchev–Trinajstić information content (AvgIpc) is 2.49. The van der Waals surface area contributed by atoms with E-state index < -0.39 is 13.0 Å². The number of rotatable bonds is 3. The third-order valence-corrected chi connectivity index (χ3v) is 2.61. The smallest absolute Gasteiger partial charge is 0.255 e. The van der Waals surface area contributed by atoms with Crippen LogP contribution >= 0.6 is 12.4 Å². The fraction of sp³-hybridized carbons (Fsp3) is 0.889. The molecule has 0 aliphatic heterocycles. The predicted molar refractivity (Wildman–Crippen MR) is 56.2 cm³/mol. The molecule has 0 aromatic rings. The standard InChI is InChI=1S/C9H16F2N2O.ClH/c1-13(5-8(10)11)9(14)6-2-3-7(12)4-6;/h6-8H,2-5,12H2,1H3;1H. The van der Waals surface area contributed by atoms with E-state index in [4.69, 9.17) is 5.73 Å². The Balaban J connectivity index is 0.00000196. The number of nitrogens with two attached hydrogens (primary N) is 1. The van der Waals surface area contributed by atoms with Crippen LogP contribution < -0.4 is 5.73 Å². The Morgan fingerprint density at radius 1 is 1.53 bits per heavy atom. The van der Waals surface area contributed by atoms with Gasteiger partial charge in [-0.3, -0.25) is 4.79 Å². The monoisotopic (exact) mass is 242 g/mol. The van der Waals surface area contributed by atoms with Gasteiger partial charge >= 0.3 is 0 Å². The summed E-state index contributed by atoms with van der Waals surface area (Å²) < 4.78 is 24.0. The van der Waals surface area contributed by atoms with Gasteiger partial charge in [0.1, 0.15) is 0 Å². The molecule has 2 N–H and O–H groups in total. The molecule has 6 heteroatoms. The Morgan fingerprint density at radius 3 is 2.53 bits per heavy atom. The lowest BCUT2D eigenvalue weighted by Gasteiger charge is -2.20. The molecular weight excluding hydrogens is 226 g/mol. The van der Waals surface area contributed by atoms with E-state index in [0.29, 0.717) is 6.42 Å². The first-order valence-corrected chi connectivity index (χ1v) is 4.79. The first-order chi connectivity index (χ1) is 6.50. The Bertz CT molecular complexity index is 216. The van der Waals surface area contributed by atoms with E-state index in [2.05, 4.69) is 0 Å². The maximum atomic E-state index is 12.0. The van der Waals surface area contributed by atoms with Crippen molar-refractivity contribution in [3.8, 4) is 0 Å². The highest BCUT2D eigenvalue weighted by molar-refractivity contribution is 5.85. The highest BCUT2D eigenvalue weighted by atomic mass is 35.5. The van der Waals surface area contributed by atoms with Crippen LogP contribution in [0.15, 0.2) is 0 Å². The van der Waals surface area contributed by atoms with Crippen LogP contribution in [0.1, 0.15) is 19.3 Å². The van der Waals surface area contributed by atoms with Crippen LogP contribution in [-0.4, -0.2) is 36.9 Å². The summed E-state index contributed by atoms with van der Waals surface area (Å²) in [4.78, 5) is 12.7. The van der Waals surface area contributed by atoms with Crippen molar-refractivity contribution in [2.24, 2.45) is 11.7 Å². The molecule has 0 radical (unpaired) electrons. The Kier molecular flexibility index (Phi) is 6.05. The predicted octanol–water partition coefficient (Wildman–Crippen LogP) is 1.26. The lowest BCUT2D eigenvalue weighted by molar-refractivity contribution is -0.135. The molecule has 0 spiro atoms. The molecule has 2 atom stereocenters. The van der Waals surface area contributed by atoms with Crippen molar-refractivity contribution in [1.29, 1.82) is 0 Å². The van der Waals surface area contributed by atoms with Crippen LogP contribution in [-0.2, 0) is 4.79 Å². The molecule has 1 aliphatic carbocycles. The van der Waals surface area contributed by atoms with Crippen molar-refractivity contribution in [1.82, 2.24) is 4.90 Å². The molecule has 1 aliphatic rings. The summed E-state index contributed by atoms with van der Waals surface area (Å²) in [6, 6.07) is 0.0592. The first kappa shape index (κ1) is 14.6. The molecular formula is C9H17ClF2N2O. The highest BCUT2D eigenvalue weighted by Crippen LogP contribution is 2.25. The van der Waals surface area contributed by atoms with Gasteiger partial charge in [-0.15, -0.1) is 12.4 Å². The van der Waals surface area contributed by atoms with Gasteiger partial charge in [0.25, 0.3) is 6.43 Å². The molecule has 1 amide bonds. The maximum absolute atomic E-state index is 12.0. The highest BCUT2D eigenvalue weighted by Gasteiger charge is 2.30. The van der Waals surface area contributed by atoms with E-state index in [1.807, 2.05) is 0 Å². The number of carbonyl (C=O) groups is 1. The van der Waals surface area contributed by atoms with Gasteiger partial charge in [0.15, 0.2) is 0 Å². The molecule has 0 saturated heterocycles. The minimum atomic E-state index is -2.46. The first-order valence-electron chi connectivity index (χ1n) is 4.79. The number of halogens is 3. The number of hydrogen-bond acceptors (Lipinski definition) is 2. The van der Waals surface area contributed by atoms with Crippen molar-refractivity contribution in [3.63, 3.8) is 0 Å². The summed E-state index contributed by atoms with van der Waals surface area (Å²) in [6.07, 6.45) is -0.280. The zero-order valence-corrected chi connectivity index (χ0v) is 9.47. The van der Waals surface area contributed by atoms with E-state index >= 15 is 0 Å². The third-order valence-electron chi connectivity index (χ3n) is 2.61. The van der Waals surface area contributed by atoms with Gasteiger partial charge in [-0.05, 0) is 19.3 Å². The van der Waals surface area contributed by atoms with Crippen molar-refractivity contribution in [2.45, 2.75) is 31.7 Å². The summed E-state index contributed by atoms with van der Waals surface area (Å²) in [7, 11) is 1.42. The number of hydrogen-bond donors (Lipinski definition) is 1. The van der Waals surface area contributed by atoms with Crippen LogP contribution in [0.25, 0.3) is 0 Å². The van der Waals surface area contributed by atoms with Gasteiger partial charge in [-0.2, -0.15) is 0 Å². The second kappa shape index (κ2) is 6.23. The maximum Gasteiger partial charge on any atom is 0.255 e. The van der Waals surface area contributed by atoms with Crippen LogP contribution in [0, 0.1) is 5.92 Å². The number of amides is 1. The molecule has 0 heterocycles. The molecule has 0 bridgehead atoms. The lowest BCUT2D eigenvalue weighted by Crippen LogP contribution is -2.35. The van der Waals surface area contributed by atoms with Crippen molar-refractivity contribution >= 4 is 18.3 Å². The van der Waals surface area contributed by atoms with E-state index in [1.165, 1.54) is 7.05 Å². The molecule has 1 rings (SSSR count). The van der Waals surface area contributed by atoms with Crippen molar-refractivity contribution in [2.75, 3.05) is 13.6 Å². The minimum Gasteiger partial charge on any atom is -0.340 e. The summed E-state index contributed by atoms with van der Waals surface area (Å²) in [5.41, 5.74) is 5.65. The number of alkyl halides is 2. The largest absolute Gasteiger partial charge is 0.340 e. The van der Waals surface area contributed by atoms with E-state index in [-0.39, 0.29) is 30.3 Å². The third kappa shape index (κ3) is 4.30. The van der Waals surface area contributed by atoms with Crippen LogP contribution in [0.4, 0.5) is 8.78 Å². The molecule has 0 aromatic heterocycles. The average molecular weight is 243 g/mol. The van der Waals surface area contributed by atoms with Crippen molar-refractivity contribution in [3.05, 3.63) is 0 Å². The molecule has 1 saturated carbocycles. The Labute approximate surface area is 94.4 Å². The molecule has 0 aromatic carbocycles. The second-order valence-electron chi connectivity index (χ2n) is 3.88. The van der Waals surface area contributed by atoms with Crippen LogP contribution in [0.2, 0.25) is 0 Å². The van der Waals surface area contributed by atoms with Gasteiger partial charge < -0.3 is 10.6 Å². The van der Waals surface area contributed by atoms with Gasteiger partial charge in [-0.1, -0.05) is 0 Å². The van der Waals surface area contributed by atoms with Gasteiger partial charge in [0.05, 0.1) is 6.54 Å². The lowest BCUT2D eigenvalue weighted by atomic mass is 10.1. The van der Waals surface area contributed by atoms with E-state index in [9.17, 15) is 13.6 Å². The zero-order valence-electron chi connectivity index (χ0n) is 8.66. The fourth-order valence-corrected chi connectivity index (χ4v) is 1.85. The molecule has 3 nitrogen and oxygen atoms in total. The van der Waals surface area contributed by atoms with Crippen LogP contribution in [0.3, 0.4) is 0 Å². The SMILES string of the molecule is CN(CC(F)F)C(=O)C1CCC(N)C1.Cl. The molecule has 15 heavy (non-hydrogen) atoms. The zero-order chi connectivity index (χ0) is 10.7. The molecule has 90 valence electrons. The molecule has 1 fully saturated rings. The topological polar surface area (TPSA) is 46.3 Å². The van der Waals surface area contributed by atoms with E-state index in [0.717, 1.165) is 17.7 Å². The Hall–Kier alpha value is -0.420. The minimum absolute atomic E-state index is 0. The normalized spacial score (nSPS) is 25.1. The van der Waals surface area contributed by atoms with E-state index in [1.54, 1.807) is 0 Å². The van der Waals surface area contributed by atoms with Gasteiger partial charge in [-0.25, -0.2) is 8.78 Å². The summed E-state index contributed by atoms with van der Waals surface area (Å²) in [5.74, 6) is -0.341. The van der Waals surface area contributed by atoms with Crippen LogP contribution in [0.5, 0.6) is 0 Å². The van der Waals surface area contributed by atoms with Gasteiger partial charge in [0.2, 0.25) is 5.91 Å². The molecule has 2 unspecified atom stereocenters. The Morgan fingerprint density at radius 2 is 2.13 bits per heavy atom. The van der Waals surface area contributed by atoms with Gasteiger partial charge in [0, 0.05) is 19.0 Å². The second-order valence-corrected chi connectivity index (χ2v) is 3.88. The summed E-state index contributed by atoms with van der Waals surface area (Å²) >= 11 is 0. The number of nitrogens with zero attached hydrogens (tertiary/aromatic N) is 1. The fourth-order valence-electron chi connectivity index (χ4n) is 1.85. The summed E-state index contributed by atoms with van der Waals surface area (Å²) in [5, 5.41) is 0. The summed E-state index contributed by atoms with van der Waals surface area (Å²) in [6.45, 7) is -0.482. The quantitative estimate of drug-likeness (QED) is 0.810. The van der Waals surface area contributed by atoms with Crippen molar-refractivity contribution < 1.29 is 13.6 Å². The number of carbonyl (C=O) groups excluding carboxylic acids is 1.